The van der Waals surface area contributed by atoms with E-state index in [0.29, 0.717) is 23.9 Å². The first-order valence-corrected chi connectivity index (χ1v) is 10.2. The van der Waals surface area contributed by atoms with Crippen molar-refractivity contribution in [3.63, 3.8) is 0 Å². The van der Waals surface area contributed by atoms with Crippen LogP contribution in [0.4, 0.5) is 0 Å². The third-order valence-corrected chi connectivity index (χ3v) is 5.99. The Balaban J connectivity index is 1.71. The molecule has 0 atom stereocenters. The van der Waals surface area contributed by atoms with Crippen molar-refractivity contribution in [2.45, 2.75) is 49.9 Å². The quantitative estimate of drug-likeness (QED) is 0.814. The number of benzene rings is 1. The number of sulfonamides is 1. The van der Waals surface area contributed by atoms with Crippen LogP contribution in [0, 0.1) is 0 Å². The highest BCUT2D eigenvalue weighted by Gasteiger charge is 2.29. The Morgan fingerprint density at radius 2 is 1.79 bits per heavy atom. The Bertz CT molecular complexity index is 792. The van der Waals surface area contributed by atoms with Crippen LogP contribution in [0.25, 0.3) is 10.9 Å². The minimum absolute atomic E-state index is 0.0908. The van der Waals surface area contributed by atoms with Crippen LogP contribution in [0.1, 0.15) is 44.1 Å². The van der Waals surface area contributed by atoms with E-state index in [-0.39, 0.29) is 12.3 Å². The summed E-state index contributed by atoms with van der Waals surface area (Å²) in [4.78, 5) is 4.30. The topological polar surface area (TPSA) is 79.3 Å². The number of aromatic nitrogens is 1. The summed E-state index contributed by atoms with van der Waals surface area (Å²) in [6.45, 7) is 0.0908. The molecule has 2 N–H and O–H groups in total. The van der Waals surface area contributed by atoms with Gasteiger partial charge in [-0.15, -0.1) is 0 Å². The summed E-state index contributed by atoms with van der Waals surface area (Å²) in [5.41, 5.74) is 0.465. The fraction of sp³-hybridized carbons (Fsp3) is 0.500. The second kappa shape index (κ2) is 7.17. The van der Waals surface area contributed by atoms with Crippen LogP contribution < -0.4 is 4.72 Å². The maximum atomic E-state index is 12.5. The largest absolute Gasteiger partial charge is 0.389 e. The lowest BCUT2D eigenvalue weighted by Gasteiger charge is -2.26. The summed E-state index contributed by atoms with van der Waals surface area (Å²) in [7, 11) is -3.53. The molecule has 1 saturated carbocycles. The lowest BCUT2D eigenvalue weighted by Crippen LogP contribution is -2.42. The molecule has 1 aliphatic rings. The summed E-state index contributed by atoms with van der Waals surface area (Å²) < 4.78 is 27.5. The molecule has 24 heavy (non-hydrogen) atoms. The molecule has 1 aromatic heterocycles. The summed E-state index contributed by atoms with van der Waals surface area (Å²) in [5, 5.41) is 11.5. The van der Waals surface area contributed by atoms with E-state index in [2.05, 4.69) is 9.71 Å². The average Bonchev–Trinajstić information content (AvgIpc) is 2.79. The van der Waals surface area contributed by atoms with Crippen LogP contribution in [0.2, 0.25) is 0 Å². The monoisotopic (exact) mass is 348 g/mol. The summed E-state index contributed by atoms with van der Waals surface area (Å²) >= 11 is 0. The van der Waals surface area contributed by atoms with Crippen LogP contribution in [-0.2, 0) is 15.8 Å². The number of pyridine rings is 1. The van der Waals surface area contributed by atoms with Gasteiger partial charge in [0.2, 0.25) is 10.0 Å². The number of nitrogens with zero attached hydrogens (tertiary/aromatic N) is 1. The second-order valence-electron chi connectivity index (χ2n) is 6.71. The van der Waals surface area contributed by atoms with Gasteiger partial charge in [-0.25, -0.2) is 13.1 Å². The first-order valence-electron chi connectivity index (χ1n) is 8.50. The highest BCUT2D eigenvalue weighted by molar-refractivity contribution is 7.88. The number of nitrogens with one attached hydrogen (secondary N) is 1. The summed E-state index contributed by atoms with van der Waals surface area (Å²) in [5.74, 6) is -0.128. The van der Waals surface area contributed by atoms with Crippen LogP contribution in [0.15, 0.2) is 36.5 Å². The lowest BCUT2D eigenvalue weighted by atomic mass is 9.95. The zero-order valence-corrected chi connectivity index (χ0v) is 14.6. The zero-order valence-electron chi connectivity index (χ0n) is 13.7. The number of fused-ring (bicyclic) bond motifs is 1. The lowest BCUT2D eigenvalue weighted by molar-refractivity contribution is 0.0303. The standard InChI is InChI=1S/C18H24N2O3S/c21-18(10-3-1-2-4-11-18)14-20-24(22,23)13-16-8-5-7-15-9-6-12-19-17(15)16/h5-9,12,20-21H,1-4,10-11,13-14H2. The van der Waals surface area contributed by atoms with E-state index in [0.717, 1.165) is 31.1 Å². The third-order valence-electron chi connectivity index (χ3n) is 4.72. The first-order chi connectivity index (χ1) is 11.5. The minimum atomic E-state index is -3.53. The predicted octanol–water partition coefficient (Wildman–Crippen LogP) is 2.74. The molecule has 1 aromatic carbocycles. The van der Waals surface area contributed by atoms with Crippen molar-refractivity contribution in [2.24, 2.45) is 0 Å². The third kappa shape index (κ3) is 4.32. The van der Waals surface area contributed by atoms with E-state index in [1.54, 1.807) is 12.3 Å². The van der Waals surface area contributed by atoms with Crippen molar-refractivity contribution in [2.75, 3.05) is 6.54 Å². The number of rotatable bonds is 5. The molecule has 2 aromatic rings. The van der Waals surface area contributed by atoms with E-state index in [4.69, 9.17) is 0 Å². The fourth-order valence-corrected chi connectivity index (χ4v) is 4.58. The van der Waals surface area contributed by atoms with Crippen LogP contribution >= 0.6 is 0 Å². The maximum Gasteiger partial charge on any atom is 0.215 e. The van der Waals surface area contributed by atoms with Gasteiger partial charge in [-0.2, -0.15) is 0 Å². The van der Waals surface area contributed by atoms with Crippen molar-refractivity contribution in [3.8, 4) is 0 Å². The van der Waals surface area contributed by atoms with Gasteiger partial charge in [0.15, 0.2) is 0 Å². The molecule has 0 unspecified atom stereocenters. The van der Waals surface area contributed by atoms with Gasteiger partial charge in [-0.05, 0) is 24.5 Å². The molecule has 5 nitrogen and oxygen atoms in total. The van der Waals surface area contributed by atoms with E-state index >= 15 is 0 Å². The van der Waals surface area contributed by atoms with Crippen LogP contribution in [0.3, 0.4) is 0 Å². The van der Waals surface area contributed by atoms with E-state index in [1.807, 2.05) is 24.3 Å². The van der Waals surface area contributed by atoms with E-state index in [1.165, 1.54) is 0 Å². The first kappa shape index (κ1) is 17.3. The van der Waals surface area contributed by atoms with Gasteiger partial charge in [0.25, 0.3) is 0 Å². The molecule has 0 aliphatic heterocycles. The van der Waals surface area contributed by atoms with Crippen molar-refractivity contribution < 1.29 is 13.5 Å². The van der Waals surface area contributed by atoms with Gasteiger partial charge >= 0.3 is 0 Å². The normalized spacial score (nSPS) is 18.4. The maximum absolute atomic E-state index is 12.5. The number of hydrogen-bond acceptors (Lipinski definition) is 4. The van der Waals surface area contributed by atoms with Crippen molar-refractivity contribution in [1.82, 2.24) is 9.71 Å². The van der Waals surface area contributed by atoms with Gasteiger partial charge in [0, 0.05) is 18.1 Å². The Morgan fingerprint density at radius 1 is 1.08 bits per heavy atom. The molecule has 1 aliphatic carbocycles. The SMILES string of the molecule is O=S(=O)(Cc1cccc2cccnc12)NCC1(O)CCCCCC1. The van der Waals surface area contributed by atoms with Crippen LogP contribution in [0.5, 0.6) is 0 Å². The molecule has 130 valence electrons. The molecule has 0 bridgehead atoms. The average molecular weight is 348 g/mol. The number of para-hydroxylation sites is 1. The van der Waals surface area contributed by atoms with Crippen molar-refractivity contribution in [1.29, 1.82) is 0 Å². The van der Waals surface area contributed by atoms with Gasteiger partial charge in [-0.1, -0.05) is 49.9 Å². The molecule has 0 amide bonds. The van der Waals surface area contributed by atoms with Gasteiger partial charge < -0.3 is 5.11 Å². The summed E-state index contributed by atoms with van der Waals surface area (Å²) in [6, 6.07) is 9.29. The summed E-state index contributed by atoms with van der Waals surface area (Å²) in [6.07, 6.45) is 7.10. The highest BCUT2D eigenvalue weighted by atomic mass is 32.2. The molecule has 3 rings (SSSR count). The molecule has 0 radical (unpaired) electrons. The van der Waals surface area contributed by atoms with Crippen LogP contribution in [-0.4, -0.2) is 30.7 Å². The Morgan fingerprint density at radius 3 is 2.54 bits per heavy atom. The number of aliphatic hydroxyl groups is 1. The molecule has 0 spiro atoms. The molecular formula is C18H24N2O3S. The molecule has 6 heteroatoms. The van der Waals surface area contributed by atoms with Gasteiger partial charge in [0.1, 0.15) is 0 Å². The molecular weight excluding hydrogens is 324 g/mol. The van der Waals surface area contributed by atoms with Crippen molar-refractivity contribution in [3.05, 3.63) is 42.1 Å². The van der Waals surface area contributed by atoms with Gasteiger partial charge in [0.05, 0.1) is 16.9 Å². The van der Waals surface area contributed by atoms with E-state index in [9.17, 15) is 13.5 Å². The molecule has 1 heterocycles. The fourth-order valence-electron chi connectivity index (χ4n) is 3.35. The predicted molar refractivity (Wildman–Crippen MR) is 95.0 cm³/mol. The zero-order chi connectivity index (χ0) is 17.0. The molecule has 1 fully saturated rings. The smallest absolute Gasteiger partial charge is 0.215 e. The Labute approximate surface area is 143 Å². The van der Waals surface area contributed by atoms with Crippen molar-refractivity contribution >= 4 is 20.9 Å². The number of hydrogen-bond donors (Lipinski definition) is 2. The van der Waals surface area contributed by atoms with E-state index < -0.39 is 15.6 Å². The van der Waals surface area contributed by atoms with Gasteiger partial charge in [-0.3, -0.25) is 4.98 Å². The second-order valence-corrected chi connectivity index (χ2v) is 8.52. The molecule has 0 saturated heterocycles. The minimum Gasteiger partial charge on any atom is -0.389 e. The Kier molecular flexibility index (Phi) is 5.18. The highest BCUT2D eigenvalue weighted by Crippen LogP contribution is 2.26. The Hall–Kier alpha value is -1.50.